The van der Waals surface area contributed by atoms with Crippen LogP contribution < -0.4 is 5.32 Å². The maximum absolute atomic E-state index is 13.2. The molecule has 1 N–H and O–H groups in total. The van der Waals surface area contributed by atoms with E-state index in [1.807, 2.05) is 22.7 Å². The van der Waals surface area contributed by atoms with Crippen molar-refractivity contribution in [1.29, 1.82) is 0 Å². The number of aryl methyl sites for hydroxylation is 1. The van der Waals surface area contributed by atoms with Crippen LogP contribution in [0.5, 0.6) is 0 Å². The van der Waals surface area contributed by atoms with E-state index in [2.05, 4.69) is 15.3 Å². The van der Waals surface area contributed by atoms with E-state index in [4.69, 9.17) is 11.6 Å². The highest BCUT2D eigenvalue weighted by molar-refractivity contribution is 6.30. The van der Waals surface area contributed by atoms with Crippen molar-refractivity contribution in [1.82, 2.24) is 24.8 Å². The summed E-state index contributed by atoms with van der Waals surface area (Å²) in [7, 11) is 1.96. The van der Waals surface area contributed by atoms with Crippen molar-refractivity contribution in [3.63, 3.8) is 0 Å². The third-order valence-corrected chi connectivity index (χ3v) is 5.79. The van der Waals surface area contributed by atoms with Gasteiger partial charge in [-0.15, -0.1) is 0 Å². The van der Waals surface area contributed by atoms with Gasteiger partial charge in [0.25, 0.3) is 5.91 Å². The fourth-order valence-corrected chi connectivity index (χ4v) is 4.01. The van der Waals surface area contributed by atoms with Gasteiger partial charge >= 0.3 is 0 Å². The maximum Gasteiger partial charge on any atom is 0.273 e. The van der Waals surface area contributed by atoms with Crippen molar-refractivity contribution in [2.24, 2.45) is 12.5 Å². The van der Waals surface area contributed by atoms with E-state index in [9.17, 15) is 4.79 Å². The summed E-state index contributed by atoms with van der Waals surface area (Å²) in [4.78, 5) is 23.8. The molecule has 0 radical (unpaired) electrons. The zero-order chi connectivity index (χ0) is 17.4. The fourth-order valence-electron chi connectivity index (χ4n) is 3.90. The summed E-state index contributed by atoms with van der Waals surface area (Å²) in [6.07, 6.45) is 8.52. The Labute approximate surface area is 152 Å². The Bertz CT molecular complexity index is 766. The molecule has 0 bridgehead atoms. The van der Waals surface area contributed by atoms with Crippen molar-refractivity contribution in [2.45, 2.75) is 31.8 Å². The minimum atomic E-state index is -0.0416. The summed E-state index contributed by atoms with van der Waals surface area (Å²) < 4.78 is 1.97. The van der Waals surface area contributed by atoms with Crippen LogP contribution in [0.4, 0.5) is 0 Å². The van der Waals surface area contributed by atoms with Crippen molar-refractivity contribution in [2.75, 3.05) is 13.1 Å². The summed E-state index contributed by atoms with van der Waals surface area (Å²) >= 11 is 5.92. The number of amides is 1. The van der Waals surface area contributed by atoms with E-state index in [1.165, 1.54) is 6.20 Å². The molecule has 3 heterocycles. The Balaban J connectivity index is 1.60. The number of aromatic nitrogens is 3. The van der Waals surface area contributed by atoms with Gasteiger partial charge in [0.15, 0.2) is 0 Å². The molecule has 2 aromatic heterocycles. The number of imidazole rings is 1. The molecule has 25 heavy (non-hydrogen) atoms. The average molecular weight is 360 g/mol. The van der Waals surface area contributed by atoms with Crippen LogP contribution in [0.15, 0.2) is 30.7 Å². The van der Waals surface area contributed by atoms with Gasteiger partial charge in [0, 0.05) is 31.7 Å². The molecular weight excluding hydrogens is 338 g/mol. The molecule has 6 nitrogen and oxygen atoms in total. The monoisotopic (exact) mass is 359 g/mol. The number of carbonyl (C=O) groups is 1. The van der Waals surface area contributed by atoms with E-state index >= 15 is 0 Å². The largest absolute Gasteiger partial charge is 0.337 e. The second kappa shape index (κ2) is 6.42. The Morgan fingerprint density at radius 1 is 1.40 bits per heavy atom. The molecule has 7 heteroatoms. The van der Waals surface area contributed by atoms with Crippen molar-refractivity contribution in [3.8, 4) is 0 Å². The summed E-state index contributed by atoms with van der Waals surface area (Å²) in [5.41, 5.74) is 0.702. The van der Waals surface area contributed by atoms with Gasteiger partial charge in [0.2, 0.25) is 0 Å². The van der Waals surface area contributed by atoms with Crippen molar-refractivity contribution < 1.29 is 4.79 Å². The minimum Gasteiger partial charge on any atom is -0.337 e. The first-order valence-electron chi connectivity index (χ1n) is 8.68. The number of rotatable bonds is 4. The highest BCUT2D eigenvalue weighted by Gasteiger charge is 2.58. The highest BCUT2D eigenvalue weighted by Crippen LogP contribution is 2.56. The lowest BCUT2D eigenvalue weighted by Crippen LogP contribution is -2.39. The second-order valence-corrected chi connectivity index (χ2v) is 7.52. The van der Waals surface area contributed by atoms with Crippen LogP contribution in [0.25, 0.3) is 0 Å². The molecular formula is C18H22ClN5O. The molecule has 1 aliphatic carbocycles. The molecule has 1 aliphatic heterocycles. The Morgan fingerprint density at radius 2 is 2.20 bits per heavy atom. The molecule has 1 atom stereocenters. The van der Waals surface area contributed by atoms with Gasteiger partial charge in [-0.3, -0.25) is 4.79 Å². The lowest BCUT2D eigenvalue weighted by molar-refractivity contribution is 0.0679. The zero-order valence-corrected chi connectivity index (χ0v) is 15.0. The molecule has 2 fully saturated rings. The summed E-state index contributed by atoms with van der Waals surface area (Å²) in [5.74, 6) is 0.846. The third-order valence-electron chi connectivity index (χ3n) is 5.56. The molecule has 1 amide bonds. The first-order chi connectivity index (χ1) is 12.1. The van der Waals surface area contributed by atoms with Gasteiger partial charge in [-0.05, 0) is 49.9 Å². The second-order valence-electron chi connectivity index (χ2n) is 7.08. The van der Waals surface area contributed by atoms with E-state index < -0.39 is 0 Å². The number of hydrogen-bond acceptors (Lipinski definition) is 4. The number of hydrogen-bond donors (Lipinski definition) is 1. The lowest BCUT2D eigenvalue weighted by Gasteiger charge is -2.29. The molecule has 2 aliphatic rings. The van der Waals surface area contributed by atoms with Crippen LogP contribution in [0.3, 0.4) is 0 Å². The number of nitrogens with one attached hydrogen (secondary N) is 1. The predicted molar refractivity (Wildman–Crippen MR) is 95.3 cm³/mol. The Hall–Kier alpha value is -1.92. The van der Waals surface area contributed by atoms with Crippen molar-refractivity contribution >= 4 is 17.5 Å². The first-order valence-corrected chi connectivity index (χ1v) is 9.06. The molecule has 1 spiro atoms. The average Bonchev–Trinajstić information content (AvgIpc) is 3.13. The smallest absolute Gasteiger partial charge is 0.273 e. The molecule has 1 saturated heterocycles. The van der Waals surface area contributed by atoms with E-state index in [-0.39, 0.29) is 17.4 Å². The topological polar surface area (TPSA) is 63.1 Å². The normalized spacial score (nSPS) is 21.3. The molecule has 1 saturated carbocycles. The molecule has 2 aromatic rings. The van der Waals surface area contributed by atoms with Crippen LogP contribution in [-0.2, 0) is 13.6 Å². The Kier molecular flexibility index (Phi) is 4.25. The number of carbonyl (C=O) groups excluding carboxylic acids is 1. The van der Waals surface area contributed by atoms with Gasteiger partial charge in [-0.2, -0.15) is 0 Å². The van der Waals surface area contributed by atoms with Crippen LogP contribution in [0, 0.1) is 5.41 Å². The fraction of sp³-hybridized carbons (Fsp3) is 0.500. The number of halogens is 1. The van der Waals surface area contributed by atoms with Crippen LogP contribution in [-0.4, -0.2) is 44.5 Å². The quantitative estimate of drug-likeness (QED) is 0.909. The molecule has 0 aromatic carbocycles. The van der Waals surface area contributed by atoms with E-state index in [1.54, 1.807) is 18.3 Å². The molecule has 4 rings (SSSR count). The first kappa shape index (κ1) is 16.5. The van der Waals surface area contributed by atoms with Crippen molar-refractivity contribution in [3.05, 3.63) is 47.3 Å². The standard InChI is InChI=1S/C18H22ClN5O/c1-23-9-8-21-16(23)12-24(15-10-18(15)4-6-20-7-5-18)17(25)14-3-2-13(19)11-22-14/h2-3,8-9,11,15,20H,4-7,10,12H2,1H3. The van der Waals surface area contributed by atoms with Crippen LogP contribution in [0.2, 0.25) is 5.02 Å². The lowest BCUT2D eigenvalue weighted by atomic mass is 9.93. The highest BCUT2D eigenvalue weighted by atomic mass is 35.5. The van der Waals surface area contributed by atoms with Gasteiger partial charge in [0.05, 0.1) is 11.6 Å². The SMILES string of the molecule is Cn1ccnc1CN(C(=O)c1ccc(Cl)cn1)C1CC12CCNCC2. The molecule has 132 valence electrons. The zero-order valence-electron chi connectivity index (χ0n) is 14.3. The van der Waals surface area contributed by atoms with Crippen LogP contribution >= 0.6 is 11.6 Å². The maximum atomic E-state index is 13.2. The summed E-state index contributed by atoms with van der Waals surface area (Å²) in [5, 5.41) is 3.95. The number of piperidine rings is 1. The number of pyridine rings is 1. The van der Waals surface area contributed by atoms with Gasteiger partial charge < -0.3 is 14.8 Å². The summed E-state index contributed by atoms with van der Waals surface area (Å²) in [6, 6.07) is 3.68. The molecule has 1 unspecified atom stereocenters. The van der Waals surface area contributed by atoms with E-state index in [0.717, 1.165) is 38.2 Å². The van der Waals surface area contributed by atoms with E-state index in [0.29, 0.717) is 17.3 Å². The van der Waals surface area contributed by atoms with Gasteiger partial charge in [0.1, 0.15) is 11.5 Å². The predicted octanol–water partition coefficient (Wildman–Crippen LogP) is 2.25. The number of nitrogens with zero attached hydrogens (tertiary/aromatic N) is 4. The van der Waals surface area contributed by atoms with Gasteiger partial charge in [-0.25, -0.2) is 9.97 Å². The summed E-state index contributed by atoms with van der Waals surface area (Å²) in [6.45, 7) is 2.56. The Morgan fingerprint density at radius 3 is 2.84 bits per heavy atom. The van der Waals surface area contributed by atoms with Crippen LogP contribution in [0.1, 0.15) is 35.6 Å². The minimum absolute atomic E-state index is 0.0416. The van der Waals surface area contributed by atoms with Gasteiger partial charge in [-0.1, -0.05) is 11.6 Å². The third kappa shape index (κ3) is 3.16.